The minimum absolute atomic E-state index is 0.0118. The Morgan fingerprint density at radius 2 is 1.44 bits per heavy atom. The van der Waals surface area contributed by atoms with Gasteiger partial charge in [-0.25, -0.2) is 0 Å². The molecule has 1 aliphatic carbocycles. The van der Waals surface area contributed by atoms with Crippen LogP contribution in [-0.2, 0) is 27.9 Å². The summed E-state index contributed by atoms with van der Waals surface area (Å²) in [6.07, 6.45) is 20.5. The lowest BCUT2D eigenvalue weighted by Gasteiger charge is -2.40. The van der Waals surface area contributed by atoms with Gasteiger partial charge in [0.2, 0.25) is 0 Å². The Kier molecular flexibility index (Phi) is 20.3. The lowest BCUT2D eigenvalue weighted by Crippen LogP contribution is -2.45. The summed E-state index contributed by atoms with van der Waals surface area (Å²) in [5.74, 6) is 0.481. The zero-order valence-corrected chi connectivity index (χ0v) is 35.9. The number of ether oxygens (including phenoxy) is 3. The van der Waals surface area contributed by atoms with Gasteiger partial charge in [0.1, 0.15) is 0 Å². The van der Waals surface area contributed by atoms with E-state index in [1.165, 1.54) is 12.8 Å². The van der Waals surface area contributed by atoms with Gasteiger partial charge >= 0.3 is 5.97 Å². The Balaban J connectivity index is 3.38. The molecule has 0 N–H and O–H groups in total. The monoisotopic (exact) mass is 711 g/mol. The summed E-state index contributed by atoms with van der Waals surface area (Å²) >= 11 is 0. The van der Waals surface area contributed by atoms with Crippen molar-refractivity contribution >= 4 is 22.6 Å². The van der Waals surface area contributed by atoms with Gasteiger partial charge in [0.15, 0.2) is 22.9 Å². The average Bonchev–Trinajstić information content (AvgIpc) is 3.25. The molecule has 1 fully saturated rings. The van der Waals surface area contributed by atoms with Gasteiger partial charge < -0.3 is 23.1 Å². The summed E-state index contributed by atoms with van der Waals surface area (Å²) < 4.78 is 31.9. The van der Waals surface area contributed by atoms with Crippen LogP contribution in [0.15, 0.2) is 24.3 Å². The van der Waals surface area contributed by atoms with E-state index < -0.39 is 16.6 Å². The number of carbonyl (C=O) groups excluding carboxylic acids is 1. The molecule has 0 aliphatic heterocycles. The maximum atomic E-state index is 11.7. The van der Waals surface area contributed by atoms with Gasteiger partial charge in [-0.05, 0) is 101 Å². The highest BCUT2D eigenvalue weighted by Crippen LogP contribution is 2.48. The topological polar surface area (TPSA) is 63.2 Å². The first-order valence-corrected chi connectivity index (χ1v) is 25.2. The summed E-state index contributed by atoms with van der Waals surface area (Å²) in [5, 5.41) is 0.259. The SMILES string of the molecule is CCCCC[C@@H](/C=C/[C@@H]1[C@H](C/C=C\CCCCCC(=O)OCC)[C@@H](O[Si](C)(C)C(C)(C)C)C[C@H]1O[Si](C)(C)C(C)(C)C)OC(C)OCC. The van der Waals surface area contributed by atoms with Gasteiger partial charge in [0, 0.05) is 18.9 Å². The van der Waals surface area contributed by atoms with Crippen molar-refractivity contribution in [3.63, 3.8) is 0 Å². The summed E-state index contributed by atoms with van der Waals surface area (Å²) in [4.78, 5) is 11.7. The zero-order valence-electron chi connectivity index (χ0n) is 33.9. The number of allylic oxidation sites excluding steroid dienone is 2. The minimum Gasteiger partial charge on any atom is -0.466 e. The van der Waals surface area contributed by atoms with Gasteiger partial charge in [0.25, 0.3) is 0 Å². The Hall–Kier alpha value is -0.776. The third kappa shape index (κ3) is 16.1. The minimum atomic E-state index is -2.04. The molecule has 0 bridgehead atoms. The highest BCUT2D eigenvalue weighted by atomic mass is 28.4. The van der Waals surface area contributed by atoms with E-state index in [1.54, 1.807) is 0 Å². The van der Waals surface area contributed by atoms with Gasteiger partial charge in [-0.3, -0.25) is 4.79 Å². The molecule has 0 saturated heterocycles. The van der Waals surface area contributed by atoms with E-state index in [0.717, 1.165) is 51.4 Å². The molecule has 1 saturated carbocycles. The predicted octanol–water partition coefficient (Wildman–Crippen LogP) is 11.8. The highest BCUT2D eigenvalue weighted by Gasteiger charge is 2.50. The molecule has 48 heavy (non-hydrogen) atoms. The average molecular weight is 711 g/mol. The first-order valence-electron chi connectivity index (χ1n) is 19.4. The Bertz CT molecular complexity index is 948. The van der Waals surface area contributed by atoms with E-state index in [4.69, 9.17) is 23.1 Å². The second kappa shape index (κ2) is 21.6. The highest BCUT2D eigenvalue weighted by molar-refractivity contribution is 6.74. The normalized spacial score (nSPS) is 22.5. The molecular formula is C40H78O6Si2. The van der Waals surface area contributed by atoms with Crippen LogP contribution in [0.2, 0.25) is 36.3 Å². The van der Waals surface area contributed by atoms with Crippen molar-refractivity contribution in [3.05, 3.63) is 24.3 Å². The summed E-state index contributed by atoms with van der Waals surface area (Å²) in [6, 6.07) is 0. The Morgan fingerprint density at radius 3 is 2.00 bits per heavy atom. The number of esters is 1. The van der Waals surface area contributed by atoms with E-state index in [2.05, 4.69) is 99.0 Å². The van der Waals surface area contributed by atoms with Crippen LogP contribution >= 0.6 is 0 Å². The number of hydrogen-bond donors (Lipinski definition) is 0. The van der Waals surface area contributed by atoms with E-state index >= 15 is 0 Å². The standard InChI is InChI=1S/C40H78O6Si2/c1-15-18-23-26-33(44-32(4)42-16-2)29-30-35-34(27-24-21-19-20-22-25-28-38(41)43-17-3)36(45-47(11,12)39(5,6)7)31-37(35)46-48(13,14)40(8,9)10/h21,24,29-30,32-37H,15-20,22-23,25-28,31H2,1-14H3/b24-21-,30-29+/t32?,33-,34-,35+,36-,37+/m0/s1. The fourth-order valence-electron chi connectivity index (χ4n) is 5.92. The van der Waals surface area contributed by atoms with Crippen LogP contribution in [-0.4, -0.2) is 60.4 Å². The van der Waals surface area contributed by atoms with Crippen LogP contribution in [0.4, 0.5) is 0 Å². The number of unbranched alkanes of at least 4 members (excludes halogenated alkanes) is 5. The summed E-state index contributed by atoms with van der Waals surface area (Å²) in [7, 11) is -4.06. The number of carbonyl (C=O) groups is 1. The van der Waals surface area contributed by atoms with Crippen LogP contribution in [0.3, 0.4) is 0 Å². The molecule has 8 heteroatoms. The molecular weight excluding hydrogens is 633 g/mol. The van der Waals surface area contributed by atoms with Crippen molar-refractivity contribution in [2.45, 2.75) is 201 Å². The van der Waals surface area contributed by atoms with E-state index in [9.17, 15) is 4.79 Å². The molecule has 0 spiro atoms. The van der Waals surface area contributed by atoms with Gasteiger partial charge in [0.05, 0.1) is 24.9 Å². The van der Waals surface area contributed by atoms with Crippen LogP contribution in [0.1, 0.15) is 140 Å². The molecule has 1 unspecified atom stereocenters. The lowest BCUT2D eigenvalue weighted by molar-refractivity contribution is -0.147. The zero-order chi connectivity index (χ0) is 36.6. The lowest BCUT2D eigenvalue weighted by atomic mass is 9.89. The van der Waals surface area contributed by atoms with Crippen molar-refractivity contribution in [3.8, 4) is 0 Å². The van der Waals surface area contributed by atoms with Gasteiger partial charge in [-0.1, -0.05) is 98.5 Å². The molecule has 0 heterocycles. The molecule has 1 aliphatic rings. The predicted molar refractivity (Wildman–Crippen MR) is 208 cm³/mol. The fraction of sp³-hybridized carbons (Fsp3) is 0.875. The largest absolute Gasteiger partial charge is 0.466 e. The van der Waals surface area contributed by atoms with Crippen LogP contribution < -0.4 is 0 Å². The fourth-order valence-corrected chi connectivity index (χ4v) is 8.67. The second-order valence-electron chi connectivity index (χ2n) is 17.0. The first kappa shape index (κ1) is 45.2. The maximum absolute atomic E-state index is 11.7. The van der Waals surface area contributed by atoms with Crippen molar-refractivity contribution in [2.24, 2.45) is 11.8 Å². The number of hydrogen-bond acceptors (Lipinski definition) is 6. The van der Waals surface area contributed by atoms with Crippen molar-refractivity contribution in [1.29, 1.82) is 0 Å². The molecule has 6 nitrogen and oxygen atoms in total. The van der Waals surface area contributed by atoms with Gasteiger partial charge in [-0.2, -0.15) is 0 Å². The van der Waals surface area contributed by atoms with Crippen molar-refractivity contribution in [2.75, 3.05) is 13.2 Å². The second-order valence-corrected chi connectivity index (χ2v) is 26.5. The van der Waals surface area contributed by atoms with Crippen molar-refractivity contribution in [1.82, 2.24) is 0 Å². The molecule has 1 rings (SSSR count). The third-order valence-corrected chi connectivity index (χ3v) is 19.9. The first-order chi connectivity index (χ1) is 22.3. The molecule has 282 valence electrons. The van der Waals surface area contributed by atoms with Crippen LogP contribution in [0.25, 0.3) is 0 Å². The van der Waals surface area contributed by atoms with Gasteiger partial charge in [-0.15, -0.1) is 0 Å². The van der Waals surface area contributed by atoms with Crippen molar-refractivity contribution < 1.29 is 27.9 Å². The molecule has 0 aromatic heterocycles. The molecule has 0 aromatic carbocycles. The van der Waals surface area contributed by atoms with Crippen LogP contribution in [0.5, 0.6) is 0 Å². The summed E-state index contributed by atoms with van der Waals surface area (Å²) in [6.45, 7) is 32.8. The Morgan fingerprint density at radius 1 is 0.812 bits per heavy atom. The van der Waals surface area contributed by atoms with Crippen LogP contribution in [0, 0.1) is 11.8 Å². The maximum Gasteiger partial charge on any atom is 0.305 e. The quantitative estimate of drug-likeness (QED) is 0.0346. The van der Waals surface area contributed by atoms with E-state index in [1.807, 2.05) is 20.8 Å². The third-order valence-electron chi connectivity index (χ3n) is 10.9. The molecule has 6 atom stereocenters. The van der Waals surface area contributed by atoms with E-state index in [0.29, 0.717) is 25.6 Å². The molecule has 0 amide bonds. The smallest absolute Gasteiger partial charge is 0.305 e. The summed E-state index contributed by atoms with van der Waals surface area (Å²) in [5.41, 5.74) is 0. The Labute approximate surface area is 299 Å². The van der Waals surface area contributed by atoms with E-state index in [-0.39, 0.29) is 46.6 Å². The molecule has 0 aromatic rings. The molecule has 0 radical (unpaired) electrons. The number of rotatable bonds is 23.